The van der Waals surface area contributed by atoms with Crippen LogP contribution in [0.5, 0.6) is 0 Å². The molecule has 4 atom stereocenters. The number of carboxylic acids is 1. The van der Waals surface area contributed by atoms with E-state index in [2.05, 4.69) is 20.8 Å². The van der Waals surface area contributed by atoms with Gasteiger partial charge in [-0.15, -0.1) is 0 Å². The third-order valence-corrected chi connectivity index (χ3v) is 4.67. The predicted octanol–water partition coefficient (Wildman–Crippen LogP) is 2.39. The summed E-state index contributed by atoms with van der Waals surface area (Å²) in [6.07, 6.45) is 2.16. The minimum absolute atomic E-state index is 0.0724. The molecule has 3 rings (SSSR count). The van der Waals surface area contributed by atoms with Crippen LogP contribution in [0.3, 0.4) is 0 Å². The van der Waals surface area contributed by atoms with Crippen molar-refractivity contribution < 1.29 is 9.90 Å². The van der Waals surface area contributed by atoms with E-state index >= 15 is 0 Å². The topological polar surface area (TPSA) is 37.3 Å². The van der Waals surface area contributed by atoms with E-state index in [1.54, 1.807) is 0 Å². The van der Waals surface area contributed by atoms with Crippen LogP contribution in [0.15, 0.2) is 0 Å². The van der Waals surface area contributed by atoms with E-state index in [0.717, 1.165) is 6.42 Å². The summed E-state index contributed by atoms with van der Waals surface area (Å²) >= 11 is 0. The maximum Gasteiger partial charge on any atom is 0.306 e. The third kappa shape index (κ3) is 1.04. The van der Waals surface area contributed by atoms with E-state index in [1.165, 1.54) is 6.42 Å². The summed E-state index contributed by atoms with van der Waals surface area (Å²) in [4.78, 5) is 10.9. The van der Waals surface area contributed by atoms with Gasteiger partial charge in [0.1, 0.15) is 0 Å². The van der Waals surface area contributed by atoms with Crippen LogP contribution in [-0.4, -0.2) is 11.1 Å². The number of carbonyl (C=O) groups is 1. The fraction of sp³-hybridized carbons (Fsp3) is 0.909. The van der Waals surface area contributed by atoms with E-state index < -0.39 is 5.97 Å². The molecule has 0 saturated heterocycles. The third-order valence-electron chi connectivity index (χ3n) is 4.67. The van der Waals surface area contributed by atoms with E-state index in [4.69, 9.17) is 5.11 Å². The standard InChI is InChI=1S/C11H18O2/c1-6-8(10(12)13)4-7-5-9(6)11(7,2)3/h6-9H,4-5H2,1-3H3,(H,12,13)/t6-,7-,8-,9+/m1/s1. The second-order valence-corrected chi connectivity index (χ2v) is 5.40. The Hall–Kier alpha value is -0.530. The molecule has 0 radical (unpaired) electrons. The first-order chi connectivity index (χ1) is 5.94. The van der Waals surface area contributed by atoms with E-state index in [0.29, 0.717) is 23.2 Å². The lowest BCUT2D eigenvalue weighted by Crippen LogP contribution is -2.56. The Labute approximate surface area is 79.3 Å². The highest BCUT2D eigenvalue weighted by molar-refractivity contribution is 5.70. The van der Waals surface area contributed by atoms with Crippen molar-refractivity contribution in [3.05, 3.63) is 0 Å². The van der Waals surface area contributed by atoms with Crippen molar-refractivity contribution in [3.63, 3.8) is 0 Å². The van der Waals surface area contributed by atoms with Gasteiger partial charge in [0.05, 0.1) is 5.92 Å². The number of fused-ring (bicyclic) bond motifs is 2. The van der Waals surface area contributed by atoms with E-state index in [-0.39, 0.29) is 5.92 Å². The first-order valence-electron chi connectivity index (χ1n) is 5.17. The first-order valence-corrected chi connectivity index (χ1v) is 5.17. The minimum atomic E-state index is -0.585. The fourth-order valence-corrected chi connectivity index (χ4v) is 3.48. The van der Waals surface area contributed by atoms with Crippen LogP contribution in [-0.2, 0) is 4.79 Å². The van der Waals surface area contributed by atoms with Gasteiger partial charge in [0.15, 0.2) is 0 Å². The molecule has 3 fully saturated rings. The summed E-state index contributed by atoms with van der Waals surface area (Å²) in [6.45, 7) is 6.70. The highest BCUT2D eigenvalue weighted by Gasteiger charge is 2.57. The van der Waals surface area contributed by atoms with Gasteiger partial charge in [0.2, 0.25) is 0 Å². The first kappa shape index (κ1) is 9.04. The molecule has 0 aromatic heterocycles. The Bertz CT molecular complexity index is 244. The SMILES string of the molecule is C[C@@H]1[C@H](C(=O)O)C[C@@H]2C[C@@H]1C2(C)C. The Morgan fingerprint density at radius 1 is 1.38 bits per heavy atom. The van der Waals surface area contributed by atoms with Crippen molar-refractivity contribution in [3.8, 4) is 0 Å². The smallest absolute Gasteiger partial charge is 0.306 e. The lowest BCUT2D eigenvalue weighted by atomic mass is 9.43. The van der Waals surface area contributed by atoms with Crippen LogP contribution in [0, 0.1) is 29.1 Å². The molecule has 2 bridgehead atoms. The molecule has 2 nitrogen and oxygen atoms in total. The van der Waals surface area contributed by atoms with Crippen LogP contribution >= 0.6 is 0 Å². The molecule has 0 spiro atoms. The molecule has 3 aliphatic carbocycles. The Morgan fingerprint density at radius 2 is 2.00 bits per heavy atom. The van der Waals surface area contributed by atoms with Gasteiger partial charge in [-0.05, 0) is 36.0 Å². The summed E-state index contributed by atoms with van der Waals surface area (Å²) in [5, 5.41) is 9.02. The number of carboxylic acid groups (broad SMARTS) is 1. The summed E-state index contributed by atoms with van der Waals surface area (Å²) < 4.78 is 0. The summed E-state index contributed by atoms with van der Waals surface area (Å²) in [7, 11) is 0. The molecule has 3 saturated carbocycles. The Morgan fingerprint density at radius 3 is 2.38 bits per heavy atom. The van der Waals surface area contributed by atoms with Crippen molar-refractivity contribution in [1.29, 1.82) is 0 Å². The van der Waals surface area contributed by atoms with Crippen LogP contribution in [0.4, 0.5) is 0 Å². The van der Waals surface area contributed by atoms with E-state index in [1.807, 2.05) is 0 Å². The zero-order chi connectivity index (χ0) is 9.80. The normalized spacial score (nSPS) is 46.7. The molecule has 0 unspecified atom stereocenters. The molecular formula is C11H18O2. The van der Waals surface area contributed by atoms with Crippen molar-refractivity contribution in [2.75, 3.05) is 0 Å². The molecule has 0 aromatic rings. The highest BCUT2D eigenvalue weighted by atomic mass is 16.4. The zero-order valence-electron chi connectivity index (χ0n) is 8.58. The molecule has 74 valence electrons. The zero-order valence-corrected chi connectivity index (χ0v) is 8.58. The molecule has 13 heavy (non-hydrogen) atoms. The molecule has 3 aliphatic rings. The van der Waals surface area contributed by atoms with Gasteiger partial charge in [0.25, 0.3) is 0 Å². The maximum absolute atomic E-state index is 10.9. The van der Waals surface area contributed by atoms with Crippen LogP contribution in [0.1, 0.15) is 33.6 Å². The summed E-state index contributed by atoms with van der Waals surface area (Å²) in [5.74, 6) is 1.02. The van der Waals surface area contributed by atoms with Crippen molar-refractivity contribution in [1.82, 2.24) is 0 Å². The summed E-state index contributed by atoms with van der Waals surface area (Å²) in [6, 6.07) is 0. The molecule has 0 heterocycles. The molecule has 0 amide bonds. The van der Waals surface area contributed by atoms with Crippen molar-refractivity contribution in [2.45, 2.75) is 33.6 Å². The average molecular weight is 182 g/mol. The van der Waals surface area contributed by atoms with Crippen molar-refractivity contribution in [2.24, 2.45) is 29.1 Å². The molecular weight excluding hydrogens is 164 g/mol. The average Bonchev–Trinajstić information content (AvgIpc) is 2.02. The second-order valence-electron chi connectivity index (χ2n) is 5.40. The van der Waals surface area contributed by atoms with E-state index in [9.17, 15) is 4.79 Å². The fourth-order valence-electron chi connectivity index (χ4n) is 3.48. The molecule has 0 aliphatic heterocycles. The summed E-state index contributed by atoms with van der Waals surface area (Å²) in [5.41, 5.74) is 0.408. The highest BCUT2D eigenvalue weighted by Crippen LogP contribution is 2.62. The largest absolute Gasteiger partial charge is 0.481 e. The minimum Gasteiger partial charge on any atom is -0.481 e. The maximum atomic E-state index is 10.9. The Balaban J connectivity index is 2.16. The van der Waals surface area contributed by atoms with Gasteiger partial charge >= 0.3 is 5.97 Å². The quantitative estimate of drug-likeness (QED) is 0.676. The van der Waals surface area contributed by atoms with Crippen LogP contribution in [0.2, 0.25) is 0 Å². The van der Waals surface area contributed by atoms with Gasteiger partial charge in [0, 0.05) is 0 Å². The van der Waals surface area contributed by atoms with Crippen LogP contribution < -0.4 is 0 Å². The van der Waals surface area contributed by atoms with Crippen molar-refractivity contribution >= 4 is 5.97 Å². The number of rotatable bonds is 1. The molecule has 0 aromatic carbocycles. The van der Waals surface area contributed by atoms with Gasteiger partial charge in [-0.1, -0.05) is 20.8 Å². The predicted molar refractivity (Wildman–Crippen MR) is 50.3 cm³/mol. The van der Waals surface area contributed by atoms with Gasteiger partial charge in [-0.2, -0.15) is 0 Å². The van der Waals surface area contributed by atoms with Crippen LogP contribution in [0.25, 0.3) is 0 Å². The van der Waals surface area contributed by atoms with Gasteiger partial charge in [-0.25, -0.2) is 0 Å². The Kier molecular flexibility index (Phi) is 1.73. The monoisotopic (exact) mass is 182 g/mol. The number of hydrogen-bond acceptors (Lipinski definition) is 1. The lowest BCUT2D eigenvalue weighted by Gasteiger charge is -2.61. The van der Waals surface area contributed by atoms with Gasteiger partial charge < -0.3 is 5.11 Å². The van der Waals surface area contributed by atoms with Gasteiger partial charge in [-0.3, -0.25) is 4.79 Å². The number of aliphatic carboxylic acids is 1. The number of hydrogen-bond donors (Lipinski definition) is 1. The molecule has 2 heteroatoms. The second kappa shape index (κ2) is 2.49. The lowest BCUT2D eigenvalue weighted by molar-refractivity contribution is -0.167. The molecule has 1 N–H and O–H groups in total.